The Bertz CT molecular complexity index is 9390. The van der Waals surface area contributed by atoms with E-state index in [2.05, 4.69) is 458 Å². The minimum Gasteiger partial charge on any atom is -0.309 e. The van der Waals surface area contributed by atoms with E-state index in [1.165, 1.54) is 92.7 Å². The molecule has 9 heterocycles. The largest absolute Gasteiger partial charge is 0.309 e. The minimum atomic E-state index is 0.586. The average Bonchev–Trinajstić information content (AvgIpc) is 1.57. The number of benzene rings is 20. The summed E-state index contributed by atoms with van der Waals surface area (Å²) in [6, 6.07) is 181. The van der Waals surface area contributed by atoms with Crippen LogP contribution in [0.2, 0.25) is 0 Å². The number of rotatable bonds is 14. The van der Waals surface area contributed by atoms with E-state index >= 15 is 0 Å². The molecule has 0 N–H and O–H groups in total. The number of hydrogen-bond donors (Lipinski definition) is 0. The molecule has 0 unspecified atom stereocenters. The van der Waals surface area contributed by atoms with Crippen LogP contribution in [0.1, 0.15) is 0 Å². The molecule has 29 aromatic rings. The first-order valence-corrected chi connectivity index (χ1v) is 48.6. The van der Waals surface area contributed by atoms with Gasteiger partial charge in [-0.1, -0.05) is 382 Å². The van der Waals surface area contributed by atoms with E-state index in [1.54, 1.807) is 0 Å². The lowest BCUT2D eigenvalue weighted by Crippen LogP contribution is -2.06. The Kier molecular flexibility index (Phi) is 20.6. The first-order chi connectivity index (χ1) is 71.5. The number of fused-ring (bicyclic) bond motifs is 18. The van der Waals surface area contributed by atoms with Gasteiger partial charge in [-0.25, -0.2) is 24.9 Å². The number of para-hydroxylation sites is 9. The van der Waals surface area contributed by atoms with Crippen LogP contribution >= 0.6 is 0 Å². The molecule has 0 bridgehead atoms. The maximum atomic E-state index is 5.23. The van der Waals surface area contributed by atoms with Gasteiger partial charge in [0.15, 0.2) is 11.6 Å². The van der Waals surface area contributed by atoms with Gasteiger partial charge in [-0.15, -0.1) is 0 Å². The first-order valence-electron chi connectivity index (χ1n) is 48.6. The number of aromatic nitrogens is 13. The van der Waals surface area contributed by atoms with Crippen molar-refractivity contribution >= 4 is 131 Å². The maximum Gasteiger partial charge on any atom is 0.238 e. The highest BCUT2D eigenvalue weighted by molar-refractivity contribution is 6.20. The van der Waals surface area contributed by atoms with E-state index in [1.807, 2.05) is 84.9 Å². The smallest absolute Gasteiger partial charge is 0.238 e. The number of nitrogens with zero attached hydrogens (tertiary/aromatic N) is 13. The molecule has 144 heavy (non-hydrogen) atoms. The molecule has 0 atom stereocenters. The predicted molar refractivity (Wildman–Crippen MR) is 593 cm³/mol. The Morgan fingerprint density at radius 1 is 0.125 bits per heavy atom. The molecular formula is C131H85N13. The Morgan fingerprint density at radius 3 is 0.708 bits per heavy atom. The summed E-state index contributed by atoms with van der Waals surface area (Å²) < 4.78 is 13.7. The Hall–Kier alpha value is -19.6. The van der Waals surface area contributed by atoms with Crippen LogP contribution in [0.5, 0.6) is 0 Å². The van der Waals surface area contributed by atoms with Crippen molar-refractivity contribution < 1.29 is 0 Å². The summed E-state index contributed by atoms with van der Waals surface area (Å²) in [6.45, 7) is 0. The van der Waals surface area contributed by atoms with Gasteiger partial charge in [0.2, 0.25) is 17.8 Å². The fourth-order valence-corrected chi connectivity index (χ4v) is 21.5. The second-order valence-corrected chi connectivity index (χ2v) is 36.2. The summed E-state index contributed by atoms with van der Waals surface area (Å²) in [5.41, 5.74) is 31.3. The van der Waals surface area contributed by atoms with Gasteiger partial charge in [-0.3, -0.25) is 13.7 Å². The lowest BCUT2D eigenvalue weighted by atomic mass is 9.98. The third-order valence-corrected chi connectivity index (χ3v) is 27.9. The second-order valence-electron chi connectivity index (χ2n) is 36.2. The van der Waals surface area contributed by atoms with Gasteiger partial charge in [0, 0.05) is 115 Å². The summed E-state index contributed by atoms with van der Waals surface area (Å²) in [5, 5.41) is 14.4. The summed E-state index contributed by atoms with van der Waals surface area (Å²) in [6.07, 6.45) is 0. The Morgan fingerprint density at radius 2 is 0.361 bits per heavy atom. The monoisotopic (exact) mass is 1840 g/mol. The minimum absolute atomic E-state index is 0.586. The van der Waals surface area contributed by atoms with Gasteiger partial charge < -0.3 is 13.7 Å². The van der Waals surface area contributed by atoms with Gasteiger partial charge in [-0.05, 0) is 156 Å². The molecule has 0 saturated heterocycles. The van der Waals surface area contributed by atoms with Crippen LogP contribution in [0.4, 0.5) is 0 Å². The third-order valence-electron chi connectivity index (χ3n) is 27.9. The van der Waals surface area contributed by atoms with Crippen molar-refractivity contribution in [3.63, 3.8) is 0 Å². The highest BCUT2D eigenvalue weighted by Gasteiger charge is 2.27. The molecule has 0 amide bonds. The van der Waals surface area contributed by atoms with Gasteiger partial charge in [0.05, 0.1) is 89.0 Å². The van der Waals surface area contributed by atoms with Crippen molar-refractivity contribution in [2.24, 2.45) is 0 Å². The maximum absolute atomic E-state index is 5.23. The topological polar surface area (TPSA) is 120 Å². The van der Waals surface area contributed by atoms with Crippen molar-refractivity contribution in [2.45, 2.75) is 0 Å². The van der Waals surface area contributed by atoms with Crippen molar-refractivity contribution in [2.75, 3.05) is 0 Å². The standard InChI is InChI=1S/C46H30N4.C45H29N5.C40H26N4/c1-4-15-31(16-5-1)39-30-40(32-17-6-2-7-18-32)48-46(47-39)50-42-25-13-11-22-37(42)45-35(23-14-26-44(45)50)33-27-28-43-38(29-33)36-21-10-12-24-41(36)49(43)34-19-8-3-9-20-34;1-4-15-30(16-5-1)43-46-44(31-17-6-2-7-18-31)48-45(47-43)50-39-25-13-11-22-36(39)42-34(23-14-26-41(42)50)32-27-28-40-37(29-32)35-21-10-12-24-38(35)49(40)33-19-8-3-9-20-33;1-3-13-27(14-4-1)34-26-35(28-15-5-2-6-16-28)42-40(41-34)44-38-22-12-9-19-32(38)33-25-29(23-24-39(33)44)43-36-20-10-7-17-30(36)31-18-8-11-21-37(31)43/h1-30H;1-29H;1-26H. The molecule has 13 heteroatoms. The highest BCUT2D eigenvalue weighted by Crippen LogP contribution is 2.47. The predicted octanol–water partition coefficient (Wildman–Crippen LogP) is 32.7. The van der Waals surface area contributed by atoms with E-state index in [0.717, 1.165) is 134 Å². The lowest BCUT2D eigenvalue weighted by Gasteiger charge is -2.12. The molecule has 674 valence electrons. The lowest BCUT2D eigenvalue weighted by molar-refractivity contribution is 0.953. The zero-order chi connectivity index (χ0) is 95.1. The normalized spacial score (nSPS) is 11.6. The van der Waals surface area contributed by atoms with Crippen molar-refractivity contribution in [1.29, 1.82) is 0 Å². The number of hydrogen-bond acceptors (Lipinski definition) is 7. The molecule has 20 aromatic carbocycles. The molecule has 0 radical (unpaired) electrons. The summed E-state index contributed by atoms with van der Waals surface area (Å²) in [5.74, 6) is 3.16. The van der Waals surface area contributed by atoms with Crippen LogP contribution in [0, 0.1) is 0 Å². The fraction of sp³-hybridized carbons (Fsp3) is 0. The first kappa shape index (κ1) is 83.7. The van der Waals surface area contributed by atoms with Crippen LogP contribution in [-0.4, -0.2) is 62.3 Å². The van der Waals surface area contributed by atoms with E-state index in [4.69, 9.17) is 34.9 Å². The van der Waals surface area contributed by atoms with Crippen LogP contribution in [-0.2, 0) is 0 Å². The van der Waals surface area contributed by atoms with Gasteiger partial charge in [-0.2, -0.15) is 9.97 Å². The van der Waals surface area contributed by atoms with Crippen molar-refractivity contribution in [3.8, 4) is 125 Å². The van der Waals surface area contributed by atoms with E-state index in [-0.39, 0.29) is 0 Å². The average molecular weight is 1840 g/mol. The molecule has 0 aliphatic carbocycles. The zero-order valence-corrected chi connectivity index (χ0v) is 77.9. The van der Waals surface area contributed by atoms with E-state index in [9.17, 15) is 0 Å². The highest BCUT2D eigenvalue weighted by atomic mass is 15.2. The fourth-order valence-electron chi connectivity index (χ4n) is 21.5. The van der Waals surface area contributed by atoms with Crippen LogP contribution in [0.25, 0.3) is 256 Å². The molecule has 0 saturated carbocycles. The van der Waals surface area contributed by atoms with Gasteiger partial charge >= 0.3 is 0 Å². The van der Waals surface area contributed by atoms with Crippen molar-refractivity contribution in [1.82, 2.24) is 62.3 Å². The molecular weight excluding hydrogens is 1760 g/mol. The summed E-state index contributed by atoms with van der Waals surface area (Å²) in [7, 11) is 0. The molecule has 9 aromatic heterocycles. The van der Waals surface area contributed by atoms with E-state index < -0.39 is 0 Å². The molecule has 0 aliphatic rings. The summed E-state index contributed by atoms with van der Waals surface area (Å²) in [4.78, 5) is 36.0. The van der Waals surface area contributed by atoms with Crippen LogP contribution in [0.3, 0.4) is 0 Å². The molecule has 0 fully saturated rings. The molecule has 29 rings (SSSR count). The zero-order valence-electron chi connectivity index (χ0n) is 77.9. The Labute approximate surface area is 828 Å². The van der Waals surface area contributed by atoms with Crippen LogP contribution in [0.15, 0.2) is 516 Å². The molecule has 0 aliphatic heterocycles. The van der Waals surface area contributed by atoms with Gasteiger partial charge in [0.25, 0.3) is 0 Å². The SMILES string of the molecule is c1ccc(-c2cc(-c3ccccc3)nc(-n3c4ccccc4c4c(-c5ccc6c(c5)c5ccccc5n6-c5ccccc5)cccc43)n2)cc1.c1ccc(-c2cc(-c3ccccc3)nc(-n3c4ccccc4c4cc(-n5c6ccccc6c6ccccc65)ccc43)n2)cc1.c1ccc(-c2nc(-c3ccccc3)nc(-n3c4ccccc4c4c(-c5ccc6c(c5)c5ccccc5n6-c5ccccc5)cccc43)n2)cc1. The third kappa shape index (κ3) is 14.5. The quantitative estimate of drug-likeness (QED) is 0.106. The second kappa shape index (κ2) is 35.4. The van der Waals surface area contributed by atoms with E-state index in [0.29, 0.717) is 29.5 Å². The Balaban J connectivity index is 0.000000108. The summed E-state index contributed by atoms with van der Waals surface area (Å²) >= 11 is 0. The van der Waals surface area contributed by atoms with Gasteiger partial charge in [0.1, 0.15) is 0 Å². The van der Waals surface area contributed by atoms with Crippen LogP contribution < -0.4 is 0 Å². The molecule has 0 spiro atoms. The van der Waals surface area contributed by atoms with Crippen molar-refractivity contribution in [3.05, 3.63) is 516 Å². The molecule has 13 nitrogen and oxygen atoms in total.